The van der Waals surface area contributed by atoms with Crippen LogP contribution >= 0.6 is 0 Å². The van der Waals surface area contributed by atoms with E-state index in [0.29, 0.717) is 63.5 Å². The lowest BCUT2D eigenvalue weighted by molar-refractivity contribution is 0.628. The molecule has 0 aliphatic heterocycles. The van der Waals surface area contributed by atoms with Crippen molar-refractivity contribution in [1.29, 1.82) is 0 Å². The van der Waals surface area contributed by atoms with E-state index in [-0.39, 0.29) is 5.82 Å². The van der Waals surface area contributed by atoms with Crippen LogP contribution in [0.4, 0.5) is 4.39 Å². The van der Waals surface area contributed by atoms with Gasteiger partial charge < -0.3 is 4.57 Å². The van der Waals surface area contributed by atoms with Crippen LogP contribution in [0.15, 0.2) is 261 Å². The molecule has 0 bridgehead atoms. The van der Waals surface area contributed by atoms with E-state index in [1.54, 1.807) is 12.1 Å². The molecule has 0 atom stereocenters. The molecule has 10 nitrogen and oxygen atoms in total. The predicted molar refractivity (Wildman–Crippen MR) is 315 cm³/mol. The second-order valence-electron chi connectivity index (χ2n) is 19.2. The molecule has 11 heteroatoms. The second-order valence-corrected chi connectivity index (χ2v) is 19.2. The molecule has 0 saturated heterocycles. The number of halogens is 1. The smallest absolute Gasteiger partial charge is 0.164 e. The Morgan fingerprint density at radius 3 is 0.875 bits per heavy atom. The number of nitrogens with zero attached hydrogens (tertiary/aromatic N) is 10. The molecular weight excluding hydrogens is 988 g/mol. The van der Waals surface area contributed by atoms with Gasteiger partial charge in [0.25, 0.3) is 0 Å². The van der Waals surface area contributed by atoms with Crippen molar-refractivity contribution in [3.63, 3.8) is 0 Å². The summed E-state index contributed by atoms with van der Waals surface area (Å²) >= 11 is 0. The molecule has 0 amide bonds. The van der Waals surface area contributed by atoms with Crippen molar-refractivity contribution in [2.75, 3.05) is 0 Å². The minimum absolute atomic E-state index is 0.355. The fourth-order valence-corrected chi connectivity index (χ4v) is 10.1. The Morgan fingerprint density at radius 2 is 0.537 bits per heavy atom. The molecule has 0 spiro atoms. The molecule has 4 aromatic heterocycles. The molecule has 14 rings (SSSR count). The number of hydrogen-bond donors (Lipinski definition) is 0. The average molecular weight is 1030 g/mol. The van der Waals surface area contributed by atoms with Crippen molar-refractivity contribution in [3.05, 3.63) is 267 Å². The highest BCUT2D eigenvalue weighted by molar-refractivity contribution is 6.11. The van der Waals surface area contributed by atoms with Crippen molar-refractivity contribution >= 4 is 21.8 Å². The number of rotatable bonds is 11. The zero-order chi connectivity index (χ0) is 53.4. The molecule has 0 radical (unpaired) electrons. The molecule has 80 heavy (non-hydrogen) atoms. The first-order valence-electron chi connectivity index (χ1n) is 26.1. The molecule has 4 heterocycles. The molecule has 0 fully saturated rings. The Morgan fingerprint density at radius 1 is 0.225 bits per heavy atom. The molecule has 10 aromatic carbocycles. The third-order valence-corrected chi connectivity index (χ3v) is 14.0. The average Bonchev–Trinajstić information content (AvgIpc) is 4.08. The number of benzene rings is 10. The Balaban J connectivity index is 1.02. The van der Waals surface area contributed by atoms with E-state index >= 15 is 4.39 Å². The van der Waals surface area contributed by atoms with Crippen LogP contribution in [0, 0.1) is 5.82 Å². The lowest BCUT2D eigenvalue weighted by Crippen LogP contribution is -2.02. The van der Waals surface area contributed by atoms with E-state index in [0.717, 1.165) is 77.6 Å². The highest BCUT2D eigenvalue weighted by atomic mass is 19.1. The summed E-state index contributed by atoms with van der Waals surface area (Å²) in [6, 6.07) is 85.1. The Hall–Kier alpha value is -11.0. The largest absolute Gasteiger partial charge is 0.309 e. The van der Waals surface area contributed by atoms with Crippen molar-refractivity contribution in [2.24, 2.45) is 0 Å². The lowest BCUT2D eigenvalue weighted by atomic mass is 9.98. The van der Waals surface area contributed by atoms with Crippen LogP contribution in [0.5, 0.6) is 0 Å². The number of aromatic nitrogens is 10. The highest BCUT2D eigenvalue weighted by Gasteiger charge is 2.22. The van der Waals surface area contributed by atoms with Gasteiger partial charge in [-0.3, -0.25) is 0 Å². The SMILES string of the molecule is Fc1cccc(-c2ccc(-n3c4ccc(-c5nc(-c6ccccc6)nc(-c6ccccc6)n5)cc4c4cc(-c5nc(-c6ccccc6)nc(-c6ccccc6)n5)ccc43)cc2-c2nc(-c3ccccc3)nc(-c3ccccc3)n2)c1. The summed E-state index contributed by atoms with van der Waals surface area (Å²) in [4.78, 5) is 45.9. The topological polar surface area (TPSA) is 121 Å². The minimum Gasteiger partial charge on any atom is -0.309 e. The van der Waals surface area contributed by atoms with Crippen LogP contribution in [0.2, 0.25) is 0 Å². The van der Waals surface area contributed by atoms with Crippen LogP contribution in [0.25, 0.3) is 141 Å². The highest BCUT2D eigenvalue weighted by Crippen LogP contribution is 2.41. The minimum atomic E-state index is -0.355. The maximum Gasteiger partial charge on any atom is 0.164 e. The normalized spacial score (nSPS) is 11.3. The van der Waals surface area contributed by atoms with E-state index in [1.807, 2.05) is 194 Å². The van der Waals surface area contributed by atoms with E-state index in [4.69, 9.17) is 44.9 Å². The molecule has 0 aliphatic rings. The van der Waals surface area contributed by atoms with Crippen LogP contribution in [0.1, 0.15) is 0 Å². The van der Waals surface area contributed by atoms with Crippen molar-refractivity contribution < 1.29 is 4.39 Å². The van der Waals surface area contributed by atoms with Crippen molar-refractivity contribution in [2.45, 2.75) is 0 Å². The van der Waals surface area contributed by atoms with Gasteiger partial charge in [0.2, 0.25) is 0 Å². The van der Waals surface area contributed by atoms with Gasteiger partial charge in [0.05, 0.1) is 11.0 Å². The van der Waals surface area contributed by atoms with Gasteiger partial charge in [-0.05, 0) is 71.8 Å². The van der Waals surface area contributed by atoms with E-state index < -0.39 is 0 Å². The molecule has 0 saturated carbocycles. The molecule has 0 unspecified atom stereocenters. The molecule has 376 valence electrons. The fraction of sp³-hybridized carbons (Fsp3) is 0. The van der Waals surface area contributed by atoms with Gasteiger partial charge in [0, 0.05) is 66.5 Å². The van der Waals surface area contributed by atoms with Crippen LogP contribution in [-0.4, -0.2) is 49.4 Å². The second kappa shape index (κ2) is 20.5. The van der Waals surface area contributed by atoms with E-state index in [1.165, 1.54) is 6.07 Å². The molecule has 0 N–H and O–H groups in total. The predicted octanol–water partition coefficient (Wildman–Crippen LogP) is 16.1. The van der Waals surface area contributed by atoms with Gasteiger partial charge >= 0.3 is 0 Å². The zero-order valence-corrected chi connectivity index (χ0v) is 42.7. The first-order valence-corrected chi connectivity index (χ1v) is 26.1. The van der Waals surface area contributed by atoms with Gasteiger partial charge in [-0.1, -0.05) is 200 Å². The molecule has 0 aliphatic carbocycles. The Labute approximate surface area is 459 Å². The first-order chi connectivity index (χ1) is 39.5. The van der Waals surface area contributed by atoms with Gasteiger partial charge in [0.15, 0.2) is 52.4 Å². The van der Waals surface area contributed by atoms with Crippen molar-refractivity contribution in [1.82, 2.24) is 49.4 Å². The van der Waals surface area contributed by atoms with Gasteiger partial charge in [0.1, 0.15) is 5.82 Å². The van der Waals surface area contributed by atoms with Crippen LogP contribution in [-0.2, 0) is 0 Å². The van der Waals surface area contributed by atoms with Crippen LogP contribution in [0.3, 0.4) is 0 Å². The lowest BCUT2D eigenvalue weighted by Gasteiger charge is -2.16. The summed E-state index contributed by atoms with van der Waals surface area (Å²) in [5.74, 6) is 4.39. The third-order valence-electron chi connectivity index (χ3n) is 14.0. The molecule has 14 aromatic rings. The van der Waals surface area contributed by atoms with E-state index in [2.05, 4.69) is 53.1 Å². The van der Waals surface area contributed by atoms with Gasteiger partial charge in [-0.15, -0.1) is 0 Å². The quantitative estimate of drug-likeness (QED) is 0.125. The monoisotopic (exact) mass is 1030 g/mol. The summed E-state index contributed by atoms with van der Waals surface area (Å²) in [5.41, 5.74) is 11.5. The maximum atomic E-state index is 15.3. The van der Waals surface area contributed by atoms with Gasteiger partial charge in [-0.2, -0.15) is 0 Å². The fourth-order valence-electron chi connectivity index (χ4n) is 10.1. The first kappa shape index (κ1) is 47.4. The third kappa shape index (κ3) is 9.20. The summed E-state index contributed by atoms with van der Waals surface area (Å²) in [6.45, 7) is 0. The van der Waals surface area contributed by atoms with E-state index in [9.17, 15) is 0 Å². The summed E-state index contributed by atoms with van der Waals surface area (Å²) in [6.07, 6.45) is 0. The number of hydrogen-bond acceptors (Lipinski definition) is 9. The van der Waals surface area contributed by atoms with Crippen LogP contribution < -0.4 is 0 Å². The summed E-state index contributed by atoms with van der Waals surface area (Å²) in [7, 11) is 0. The summed E-state index contributed by atoms with van der Waals surface area (Å²) < 4.78 is 17.5. The summed E-state index contributed by atoms with van der Waals surface area (Å²) in [5, 5.41) is 1.85. The zero-order valence-electron chi connectivity index (χ0n) is 42.7. The number of fused-ring (bicyclic) bond motifs is 3. The standard InChI is InChI=1S/C69H43FN10/c70-53-33-19-32-50(40-53)55-37-36-54(43-58(55)69-78-65(48-28-15-5-16-29-48)73-66(79-69)49-30-17-6-18-31-49)80-59-38-34-51(67-74-61(44-20-7-1-8-21-44)71-62(75-67)45-22-9-2-10-23-45)41-56(59)57-42-52(35-39-60(57)80)68-76-63(46-24-11-3-12-25-46)72-64(77-68)47-26-13-4-14-27-47/h1-43H. The molecular formula is C69H43FN10. The van der Waals surface area contributed by atoms with Crippen molar-refractivity contribution in [3.8, 4) is 119 Å². The maximum absolute atomic E-state index is 15.3. The Bertz CT molecular complexity index is 4230. The Kier molecular flexibility index (Phi) is 12.1. The van der Waals surface area contributed by atoms with Gasteiger partial charge in [-0.25, -0.2) is 49.2 Å².